The molecule has 0 fully saturated rings. The number of nitrogens with zero attached hydrogens (tertiary/aromatic N) is 2. The molecule has 0 amide bonds. The highest BCUT2D eigenvalue weighted by Gasteiger charge is 2.38. The predicted octanol–water partition coefficient (Wildman–Crippen LogP) is 18.1. The smallest absolute Gasteiger partial charge is 0.210 e. The molecule has 2 aromatic rings. The molecule has 1 atom stereocenters. The van der Waals surface area contributed by atoms with Gasteiger partial charge in [-0.25, -0.2) is 0 Å². The van der Waals surface area contributed by atoms with Crippen molar-refractivity contribution >= 4 is 39.2 Å². The third-order valence-electron chi connectivity index (χ3n) is 14.0. The minimum Gasteiger partial charge on any atom is -0.342 e. The highest BCUT2D eigenvalue weighted by Crippen LogP contribution is 2.49. The first-order valence-corrected chi connectivity index (χ1v) is 26.3. The lowest BCUT2D eigenvalue weighted by Gasteiger charge is -2.42. The maximum Gasteiger partial charge on any atom is 0.210 e. The highest BCUT2D eigenvalue weighted by molar-refractivity contribution is 7.29. The number of fused-ring (bicyclic) bond motifs is 4. The summed E-state index contributed by atoms with van der Waals surface area (Å²) >= 11 is 1.94. The molecule has 4 rings (SSSR count). The average Bonchev–Trinajstić information content (AvgIpc) is 3.60. The molecule has 0 bridgehead atoms. The minimum absolute atomic E-state index is 0.00345. The number of hydrogen-bond acceptors (Lipinski definition) is 3. The van der Waals surface area contributed by atoms with Crippen molar-refractivity contribution in [1.82, 2.24) is 4.90 Å². The van der Waals surface area contributed by atoms with Gasteiger partial charge in [0, 0.05) is 40.3 Å². The Kier molecular flexibility index (Phi) is 19.7. The molecule has 1 unspecified atom stereocenters. The lowest BCUT2D eigenvalue weighted by molar-refractivity contribution is 0.332. The van der Waals surface area contributed by atoms with Crippen LogP contribution < -0.4 is 9.68 Å². The van der Waals surface area contributed by atoms with Crippen LogP contribution in [0.2, 0.25) is 0 Å². The summed E-state index contributed by atoms with van der Waals surface area (Å²) in [5.74, 6) is 1.03. The summed E-state index contributed by atoms with van der Waals surface area (Å²) in [5.41, 5.74) is 13.1. The maximum atomic E-state index is 4.48. The van der Waals surface area contributed by atoms with Gasteiger partial charge in [0.15, 0.2) is 0 Å². The van der Waals surface area contributed by atoms with Gasteiger partial charge in [-0.05, 0) is 143 Å². The van der Waals surface area contributed by atoms with Gasteiger partial charge in [0.05, 0.1) is 5.69 Å². The molecule has 0 saturated carbocycles. The van der Waals surface area contributed by atoms with Crippen LogP contribution in [0, 0.1) is 22.7 Å². The number of allylic oxidation sites excluding steroid dienone is 18. The standard InChI is InChI=1S/C63H90BN2S/c1-20-24-30-46(7)31-26-34-51(23-4)66-41-37-52(28-21-2)65(40-27-33-50(61(13,14)15)36-35-49(22-3)32-25-29-45(5)6)48(9)56(42-47(8)60(10,11)12)64-59-58(66)53-43-54-55(44-57(53)67-59)63(18,19)39-38-62(54,16)17/h21-23,25-29,31-34,36-37,42-46H,3-4,20,24,30,35,38-41H2,1-2,5-19H3/b28-21-,29-25+,31-26+,33-27-,47-42+,49-32+,50-36+,51-34+,52-37+,56-48-. The van der Waals surface area contributed by atoms with Crippen LogP contribution >= 0.6 is 11.3 Å². The molecule has 2 heterocycles. The van der Waals surface area contributed by atoms with E-state index in [0.29, 0.717) is 18.4 Å². The first-order valence-electron chi connectivity index (χ1n) is 25.5. The quantitative estimate of drug-likeness (QED) is 0.115. The second kappa shape index (κ2) is 23.8. The summed E-state index contributed by atoms with van der Waals surface area (Å²) in [6.45, 7) is 49.5. The van der Waals surface area contributed by atoms with Gasteiger partial charge in [-0.1, -0.05) is 201 Å². The first-order chi connectivity index (χ1) is 31.4. The van der Waals surface area contributed by atoms with Crippen molar-refractivity contribution in [2.75, 3.05) is 18.0 Å². The van der Waals surface area contributed by atoms with Crippen LogP contribution in [-0.2, 0) is 10.8 Å². The summed E-state index contributed by atoms with van der Waals surface area (Å²) in [6, 6.07) is 5.14. The zero-order valence-corrected chi connectivity index (χ0v) is 46.2. The predicted molar refractivity (Wildman–Crippen MR) is 305 cm³/mol. The Morgan fingerprint density at radius 3 is 2.15 bits per heavy atom. The number of rotatable bonds is 17. The topological polar surface area (TPSA) is 6.48 Å². The Balaban J connectivity index is 2.06. The van der Waals surface area contributed by atoms with Crippen molar-refractivity contribution in [2.24, 2.45) is 22.7 Å². The third kappa shape index (κ3) is 14.9. The van der Waals surface area contributed by atoms with Crippen LogP contribution in [-0.4, -0.2) is 25.3 Å². The van der Waals surface area contributed by atoms with Crippen LogP contribution in [0.25, 0.3) is 10.1 Å². The van der Waals surface area contributed by atoms with Crippen molar-refractivity contribution in [2.45, 2.75) is 167 Å². The molecule has 4 heteroatoms. The molecular weight excluding hydrogens is 828 g/mol. The molecule has 1 radical (unpaired) electrons. The molecule has 1 aliphatic heterocycles. The van der Waals surface area contributed by atoms with Gasteiger partial charge in [-0.3, -0.25) is 0 Å². The molecule has 1 aromatic carbocycles. The summed E-state index contributed by atoms with van der Waals surface area (Å²) in [4.78, 5) is 5.07. The van der Waals surface area contributed by atoms with Crippen LogP contribution in [0.4, 0.5) is 5.69 Å². The Hall–Kier alpha value is -4.28. The van der Waals surface area contributed by atoms with E-state index in [4.69, 9.17) is 0 Å². The largest absolute Gasteiger partial charge is 0.342 e. The van der Waals surface area contributed by atoms with E-state index < -0.39 is 0 Å². The second-order valence-electron chi connectivity index (χ2n) is 23.0. The second-order valence-corrected chi connectivity index (χ2v) is 24.1. The number of unbranched alkanes of at least 4 members (excludes halogenated alkanes) is 1. The van der Waals surface area contributed by atoms with E-state index in [0.717, 1.165) is 18.7 Å². The first kappa shape index (κ1) is 55.3. The maximum absolute atomic E-state index is 4.48. The molecular formula is C63H90BN2S. The summed E-state index contributed by atoms with van der Waals surface area (Å²) in [7, 11) is 2.50. The fourth-order valence-corrected chi connectivity index (χ4v) is 10.1. The van der Waals surface area contributed by atoms with E-state index in [2.05, 4.69) is 245 Å². The van der Waals surface area contributed by atoms with Crippen molar-refractivity contribution in [1.29, 1.82) is 0 Å². The SMILES string of the molecule is C=C/C(=C\C=C\C(C)C)C/C=C(\C=C/CN1C(/C=C\C)=C/CN(/C(C=C)=C/C=C/C(C)CCCC)c2c(sc3cc4c(cc23)C(C)(C)CCC4(C)C)[B]C(/C=C(\C)C(C)(C)C)=C\1C)C(C)(C)C. The number of hydrogen-bond donors (Lipinski definition) is 0. The number of benzene rings is 1. The normalized spacial score (nSPS) is 20.5. The van der Waals surface area contributed by atoms with Crippen LogP contribution in [0.1, 0.15) is 167 Å². The van der Waals surface area contributed by atoms with Gasteiger partial charge in [0.1, 0.15) is 0 Å². The van der Waals surface area contributed by atoms with Gasteiger partial charge in [-0.2, -0.15) is 0 Å². The molecule has 2 nitrogen and oxygen atoms in total. The van der Waals surface area contributed by atoms with Gasteiger partial charge in [0.25, 0.3) is 0 Å². The summed E-state index contributed by atoms with van der Waals surface area (Å²) in [6.07, 6.45) is 41.0. The van der Waals surface area contributed by atoms with Crippen molar-refractivity contribution in [3.8, 4) is 0 Å². The Labute approximate surface area is 416 Å². The molecule has 361 valence electrons. The van der Waals surface area contributed by atoms with Gasteiger partial charge in [0.2, 0.25) is 7.28 Å². The molecule has 0 spiro atoms. The number of thiophene rings is 1. The lowest BCUT2D eigenvalue weighted by Crippen LogP contribution is -2.34. The molecule has 1 aliphatic carbocycles. The lowest BCUT2D eigenvalue weighted by atomic mass is 9.62. The Bertz CT molecular complexity index is 2370. The van der Waals surface area contributed by atoms with Gasteiger partial charge >= 0.3 is 0 Å². The van der Waals surface area contributed by atoms with Gasteiger partial charge < -0.3 is 9.80 Å². The van der Waals surface area contributed by atoms with Crippen molar-refractivity contribution < 1.29 is 0 Å². The molecule has 0 N–H and O–H groups in total. The average molecular weight is 918 g/mol. The molecule has 0 saturated heterocycles. The minimum atomic E-state index is -0.0298. The Morgan fingerprint density at radius 2 is 1.57 bits per heavy atom. The molecule has 2 aliphatic rings. The van der Waals surface area contributed by atoms with E-state index in [-0.39, 0.29) is 21.7 Å². The zero-order chi connectivity index (χ0) is 49.9. The van der Waals surface area contributed by atoms with E-state index in [1.807, 2.05) is 17.4 Å². The van der Waals surface area contributed by atoms with E-state index in [9.17, 15) is 0 Å². The fourth-order valence-electron chi connectivity index (χ4n) is 8.91. The van der Waals surface area contributed by atoms with Crippen LogP contribution in [0.15, 0.2) is 156 Å². The van der Waals surface area contributed by atoms with Gasteiger partial charge in [-0.15, -0.1) is 11.3 Å². The highest BCUT2D eigenvalue weighted by atomic mass is 32.1. The van der Waals surface area contributed by atoms with E-state index in [1.54, 1.807) is 0 Å². The van der Waals surface area contributed by atoms with Crippen LogP contribution in [0.3, 0.4) is 0 Å². The fraction of sp³-hybridized carbons (Fsp3) is 0.492. The number of anilines is 1. The molecule has 67 heavy (non-hydrogen) atoms. The van der Waals surface area contributed by atoms with Crippen LogP contribution in [0.5, 0.6) is 0 Å². The molecule has 1 aromatic heterocycles. The zero-order valence-electron chi connectivity index (χ0n) is 45.4. The van der Waals surface area contributed by atoms with E-state index >= 15 is 0 Å². The van der Waals surface area contributed by atoms with Crippen molar-refractivity contribution in [3.63, 3.8) is 0 Å². The third-order valence-corrected chi connectivity index (χ3v) is 15.1. The van der Waals surface area contributed by atoms with E-state index in [1.165, 1.54) is 97.4 Å². The summed E-state index contributed by atoms with van der Waals surface area (Å²) < 4.78 is 2.62. The van der Waals surface area contributed by atoms with Crippen molar-refractivity contribution in [3.05, 3.63) is 167 Å². The monoisotopic (exact) mass is 918 g/mol. The summed E-state index contributed by atoms with van der Waals surface area (Å²) in [5, 5.41) is 1.33. The Morgan fingerprint density at radius 1 is 0.910 bits per heavy atom.